The van der Waals surface area contributed by atoms with Crippen molar-refractivity contribution in [3.63, 3.8) is 0 Å². The minimum atomic E-state index is -0.486. The Hall–Kier alpha value is -2.56. The number of ether oxygens (including phenoxy) is 1. The van der Waals surface area contributed by atoms with Gasteiger partial charge >= 0.3 is 6.09 Å². The fourth-order valence-corrected chi connectivity index (χ4v) is 1.78. The van der Waals surface area contributed by atoms with E-state index in [9.17, 15) is 4.79 Å². The molecule has 0 aliphatic rings. The summed E-state index contributed by atoms with van der Waals surface area (Å²) in [4.78, 5) is 15.8. The lowest BCUT2D eigenvalue weighted by atomic mass is 10.2. The average molecular weight is 299 g/mol. The maximum absolute atomic E-state index is 11.6. The van der Waals surface area contributed by atoms with Gasteiger partial charge in [-0.05, 0) is 50.6 Å². The molecule has 0 aliphatic heterocycles. The highest BCUT2D eigenvalue weighted by molar-refractivity contribution is 5.67. The summed E-state index contributed by atoms with van der Waals surface area (Å²) in [5.41, 5.74) is 1.46. The summed E-state index contributed by atoms with van der Waals surface area (Å²) < 4.78 is 5.19. The summed E-state index contributed by atoms with van der Waals surface area (Å²) >= 11 is 0. The molecule has 1 aromatic heterocycles. The van der Waals surface area contributed by atoms with Crippen LogP contribution in [0.2, 0.25) is 0 Å². The number of hydrogen-bond donors (Lipinski definition) is 2. The van der Waals surface area contributed by atoms with Crippen molar-refractivity contribution in [3.05, 3.63) is 54.2 Å². The van der Waals surface area contributed by atoms with E-state index in [1.807, 2.05) is 63.2 Å². The second kappa shape index (κ2) is 6.93. The second-order valence-electron chi connectivity index (χ2n) is 5.89. The summed E-state index contributed by atoms with van der Waals surface area (Å²) in [6.07, 6.45) is 1.32. The Balaban J connectivity index is 1.86. The van der Waals surface area contributed by atoms with Crippen LogP contribution in [0.5, 0.6) is 0 Å². The molecule has 0 radical (unpaired) electrons. The van der Waals surface area contributed by atoms with Crippen LogP contribution >= 0.6 is 0 Å². The zero-order valence-corrected chi connectivity index (χ0v) is 13.1. The third kappa shape index (κ3) is 5.44. The Morgan fingerprint density at radius 1 is 1.14 bits per heavy atom. The topological polar surface area (TPSA) is 63.2 Å². The van der Waals surface area contributed by atoms with Crippen LogP contribution in [0.15, 0.2) is 48.7 Å². The molecule has 0 atom stereocenters. The SMILES string of the molecule is CC(C)(C)OC(=O)NCc1ccc(Nc2ccccn2)cc1. The van der Waals surface area contributed by atoms with Crippen LogP contribution in [0.4, 0.5) is 16.3 Å². The number of carbonyl (C=O) groups excluding carboxylic acids is 1. The van der Waals surface area contributed by atoms with Crippen molar-refractivity contribution in [2.24, 2.45) is 0 Å². The third-order valence-electron chi connectivity index (χ3n) is 2.73. The van der Waals surface area contributed by atoms with Gasteiger partial charge in [0.1, 0.15) is 11.4 Å². The molecular weight excluding hydrogens is 278 g/mol. The molecule has 22 heavy (non-hydrogen) atoms. The Morgan fingerprint density at radius 2 is 1.86 bits per heavy atom. The molecule has 2 N–H and O–H groups in total. The Bertz CT molecular complexity index is 604. The molecule has 0 saturated carbocycles. The number of carbonyl (C=O) groups is 1. The number of hydrogen-bond acceptors (Lipinski definition) is 4. The van der Waals surface area contributed by atoms with Gasteiger partial charge in [-0.2, -0.15) is 0 Å². The number of aromatic nitrogens is 1. The highest BCUT2D eigenvalue weighted by Gasteiger charge is 2.15. The fourth-order valence-electron chi connectivity index (χ4n) is 1.78. The molecular formula is C17H21N3O2. The number of nitrogens with one attached hydrogen (secondary N) is 2. The van der Waals surface area contributed by atoms with E-state index in [4.69, 9.17) is 4.74 Å². The van der Waals surface area contributed by atoms with E-state index >= 15 is 0 Å². The molecule has 1 amide bonds. The number of pyridine rings is 1. The summed E-state index contributed by atoms with van der Waals surface area (Å²) in [5.74, 6) is 0.794. The zero-order valence-electron chi connectivity index (χ0n) is 13.1. The molecule has 0 aliphatic carbocycles. The molecule has 0 unspecified atom stereocenters. The quantitative estimate of drug-likeness (QED) is 0.900. The van der Waals surface area contributed by atoms with Crippen LogP contribution in [0, 0.1) is 0 Å². The van der Waals surface area contributed by atoms with Crippen LogP contribution in [-0.2, 0) is 11.3 Å². The van der Waals surface area contributed by atoms with Gasteiger partial charge in [0.2, 0.25) is 0 Å². The van der Waals surface area contributed by atoms with E-state index in [-0.39, 0.29) is 0 Å². The number of amides is 1. The first kappa shape index (κ1) is 15.8. The van der Waals surface area contributed by atoms with E-state index in [1.165, 1.54) is 0 Å². The van der Waals surface area contributed by atoms with Gasteiger partial charge in [0, 0.05) is 18.4 Å². The first-order valence-electron chi connectivity index (χ1n) is 7.16. The minimum Gasteiger partial charge on any atom is -0.444 e. The van der Waals surface area contributed by atoms with Crippen LogP contribution in [-0.4, -0.2) is 16.7 Å². The van der Waals surface area contributed by atoms with Gasteiger partial charge in [-0.1, -0.05) is 18.2 Å². The maximum atomic E-state index is 11.6. The van der Waals surface area contributed by atoms with Gasteiger partial charge in [-0.25, -0.2) is 9.78 Å². The van der Waals surface area contributed by atoms with Crippen molar-refractivity contribution >= 4 is 17.6 Å². The minimum absolute atomic E-state index is 0.414. The van der Waals surface area contributed by atoms with Crippen molar-refractivity contribution in [2.45, 2.75) is 32.9 Å². The van der Waals surface area contributed by atoms with Crippen molar-refractivity contribution < 1.29 is 9.53 Å². The highest BCUT2D eigenvalue weighted by Crippen LogP contribution is 2.15. The number of benzene rings is 1. The van der Waals surface area contributed by atoms with Crippen LogP contribution in [0.1, 0.15) is 26.3 Å². The molecule has 5 heteroatoms. The van der Waals surface area contributed by atoms with Crippen molar-refractivity contribution in [1.29, 1.82) is 0 Å². The van der Waals surface area contributed by atoms with Gasteiger partial charge < -0.3 is 15.4 Å². The summed E-state index contributed by atoms with van der Waals surface area (Å²) in [6.45, 7) is 5.94. The van der Waals surface area contributed by atoms with Crippen molar-refractivity contribution in [2.75, 3.05) is 5.32 Å². The molecule has 2 rings (SSSR count). The molecule has 0 bridgehead atoms. The van der Waals surface area contributed by atoms with Gasteiger partial charge in [0.15, 0.2) is 0 Å². The smallest absolute Gasteiger partial charge is 0.407 e. The van der Waals surface area contributed by atoms with Crippen LogP contribution < -0.4 is 10.6 Å². The highest BCUT2D eigenvalue weighted by atomic mass is 16.6. The molecule has 2 aromatic rings. The Morgan fingerprint density at radius 3 is 2.45 bits per heavy atom. The van der Waals surface area contributed by atoms with E-state index in [1.54, 1.807) is 6.20 Å². The van der Waals surface area contributed by atoms with E-state index in [2.05, 4.69) is 15.6 Å². The lowest BCUT2D eigenvalue weighted by molar-refractivity contribution is 0.0523. The first-order valence-corrected chi connectivity index (χ1v) is 7.16. The van der Waals surface area contributed by atoms with E-state index < -0.39 is 11.7 Å². The predicted octanol–water partition coefficient (Wildman–Crippen LogP) is 3.85. The maximum Gasteiger partial charge on any atom is 0.407 e. The second-order valence-corrected chi connectivity index (χ2v) is 5.89. The summed E-state index contributed by atoms with van der Waals surface area (Å²) in [5, 5.41) is 5.93. The lowest BCUT2D eigenvalue weighted by Crippen LogP contribution is -2.32. The van der Waals surface area contributed by atoms with Gasteiger partial charge in [-0.3, -0.25) is 0 Å². The van der Waals surface area contributed by atoms with Crippen molar-refractivity contribution in [3.8, 4) is 0 Å². The molecule has 116 valence electrons. The monoisotopic (exact) mass is 299 g/mol. The first-order chi connectivity index (χ1) is 10.4. The Kier molecular flexibility index (Phi) is 4.99. The third-order valence-corrected chi connectivity index (χ3v) is 2.73. The molecule has 0 saturated heterocycles. The van der Waals surface area contributed by atoms with Crippen LogP contribution in [0.25, 0.3) is 0 Å². The summed E-state index contributed by atoms with van der Waals surface area (Å²) in [7, 11) is 0. The lowest BCUT2D eigenvalue weighted by Gasteiger charge is -2.19. The molecule has 5 nitrogen and oxygen atoms in total. The number of alkyl carbamates (subject to hydrolysis) is 1. The van der Waals surface area contributed by atoms with Crippen molar-refractivity contribution in [1.82, 2.24) is 10.3 Å². The van der Waals surface area contributed by atoms with Crippen LogP contribution in [0.3, 0.4) is 0 Å². The predicted molar refractivity (Wildman–Crippen MR) is 87.0 cm³/mol. The van der Waals surface area contributed by atoms with E-state index in [0.29, 0.717) is 6.54 Å². The molecule has 1 heterocycles. The van der Waals surface area contributed by atoms with Gasteiger partial charge in [-0.15, -0.1) is 0 Å². The molecule has 1 aromatic carbocycles. The molecule has 0 fully saturated rings. The number of nitrogens with zero attached hydrogens (tertiary/aromatic N) is 1. The zero-order chi connectivity index (χ0) is 16.0. The van der Waals surface area contributed by atoms with Gasteiger partial charge in [0.05, 0.1) is 0 Å². The average Bonchev–Trinajstić information content (AvgIpc) is 2.46. The number of anilines is 2. The normalized spacial score (nSPS) is 10.9. The molecule has 0 spiro atoms. The van der Waals surface area contributed by atoms with E-state index in [0.717, 1.165) is 17.1 Å². The largest absolute Gasteiger partial charge is 0.444 e. The fraction of sp³-hybridized carbons (Fsp3) is 0.294. The summed E-state index contributed by atoms with van der Waals surface area (Å²) in [6, 6.07) is 13.5. The standard InChI is InChI=1S/C17H21N3O2/c1-17(2,3)22-16(21)19-12-13-7-9-14(10-8-13)20-15-6-4-5-11-18-15/h4-11H,12H2,1-3H3,(H,18,20)(H,19,21). The number of rotatable bonds is 4. The van der Waals surface area contributed by atoms with Gasteiger partial charge in [0.25, 0.3) is 0 Å². The Labute approximate surface area is 130 Å².